The lowest BCUT2D eigenvalue weighted by Gasteiger charge is -2.35. The maximum atomic E-state index is 11.9. The zero-order valence-corrected chi connectivity index (χ0v) is 12.8. The second-order valence-electron chi connectivity index (χ2n) is 5.65. The summed E-state index contributed by atoms with van der Waals surface area (Å²) in [5.74, 6) is -0.500. The molecule has 0 amide bonds. The molecule has 0 fully saturated rings. The summed E-state index contributed by atoms with van der Waals surface area (Å²) >= 11 is 0. The summed E-state index contributed by atoms with van der Waals surface area (Å²) in [5, 5.41) is 0. The molecule has 0 radical (unpaired) electrons. The van der Waals surface area contributed by atoms with E-state index in [2.05, 4.69) is 4.74 Å². The fourth-order valence-electron chi connectivity index (χ4n) is 2.45. The van der Waals surface area contributed by atoms with Crippen molar-refractivity contribution in [1.29, 1.82) is 0 Å². The third-order valence-electron chi connectivity index (χ3n) is 3.93. The Morgan fingerprint density at radius 1 is 1.25 bits per heavy atom. The Labute approximate surface area is 120 Å². The molecule has 0 N–H and O–H groups in total. The Balaban J connectivity index is 2.68. The molecule has 0 aromatic rings. The van der Waals surface area contributed by atoms with E-state index in [4.69, 9.17) is 9.47 Å². The lowest BCUT2D eigenvalue weighted by Crippen LogP contribution is -2.38. The lowest BCUT2D eigenvalue weighted by molar-refractivity contribution is -0.159. The average molecular weight is 284 g/mol. The standard InChI is InChI=1S/C15H24O5/c1-10(13(16)18-4)20-12-8-6-7-11(9-12)15(2,3)14(17)19-5/h6,8,10-12H,7,9H2,1-5H3/t10-,11+,12+/m1/s1. The number of hydrogen-bond acceptors (Lipinski definition) is 5. The van der Waals surface area contributed by atoms with Crippen LogP contribution < -0.4 is 0 Å². The van der Waals surface area contributed by atoms with Gasteiger partial charge < -0.3 is 14.2 Å². The van der Waals surface area contributed by atoms with Gasteiger partial charge in [-0.25, -0.2) is 4.79 Å². The smallest absolute Gasteiger partial charge is 0.334 e. The molecule has 0 aromatic heterocycles. The minimum absolute atomic E-state index is 0.120. The average Bonchev–Trinajstić information content (AvgIpc) is 2.45. The summed E-state index contributed by atoms with van der Waals surface area (Å²) in [6, 6.07) is 0. The van der Waals surface area contributed by atoms with Crippen LogP contribution in [0.3, 0.4) is 0 Å². The van der Waals surface area contributed by atoms with Crippen molar-refractivity contribution in [2.45, 2.75) is 45.8 Å². The minimum atomic E-state index is -0.616. The largest absolute Gasteiger partial charge is 0.469 e. The normalized spacial score (nSPS) is 24.1. The maximum Gasteiger partial charge on any atom is 0.334 e. The highest BCUT2D eigenvalue weighted by atomic mass is 16.6. The van der Waals surface area contributed by atoms with Crippen molar-refractivity contribution in [3.63, 3.8) is 0 Å². The van der Waals surface area contributed by atoms with Gasteiger partial charge in [0.1, 0.15) is 0 Å². The molecule has 3 atom stereocenters. The summed E-state index contributed by atoms with van der Waals surface area (Å²) < 4.78 is 15.2. The Morgan fingerprint density at radius 2 is 1.90 bits per heavy atom. The molecule has 0 saturated heterocycles. The number of carbonyl (C=O) groups is 2. The topological polar surface area (TPSA) is 61.8 Å². The van der Waals surface area contributed by atoms with Crippen LogP contribution in [0, 0.1) is 11.3 Å². The van der Waals surface area contributed by atoms with Crippen molar-refractivity contribution in [3.8, 4) is 0 Å². The van der Waals surface area contributed by atoms with Crippen molar-refractivity contribution in [3.05, 3.63) is 12.2 Å². The predicted octanol–water partition coefficient (Wildman–Crippen LogP) is 2.10. The predicted molar refractivity (Wildman–Crippen MR) is 74.0 cm³/mol. The van der Waals surface area contributed by atoms with Crippen LogP contribution in [0.2, 0.25) is 0 Å². The molecule has 114 valence electrons. The number of allylic oxidation sites excluding steroid dienone is 1. The fourth-order valence-corrected chi connectivity index (χ4v) is 2.45. The summed E-state index contributed by atoms with van der Waals surface area (Å²) in [4.78, 5) is 23.2. The third kappa shape index (κ3) is 3.82. The van der Waals surface area contributed by atoms with Gasteiger partial charge in [-0.15, -0.1) is 0 Å². The second kappa shape index (κ2) is 6.88. The Bertz CT molecular complexity index is 386. The fraction of sp³-hybridized carbons (Fsp3) is 0.733. The Kier molecular flexibility index (Phi) is 5.74. The number of hydrogen-bond donors (Lipinski definition) is 0. The van der Waals surface area contributed by atoms with Crippen molar-refractivity contribution >= 4 is 11.9 Å². The monoisotopic (exact) mass is 284 g/mol. The van der Waals surface area contributed by atoms with Gasteiger partial charge >= 0.3 is 11.9 Å². The molecule has 1 aliphatic carbocycles. The molecule has 1 rings (SSSR count). The van der Waals surface area contributed by atoms with E-state index >= 15 is 0 Å². The Morgan fingerprint density at radius 3 is 2.45 bits per heavy atom. The molecule has 20 heavy (non-hydrogen) atoms. The zero-order chi connectivity index (χ0) is 15.3. The van der Waals surface area contributed by atoms with Crippen molar-refractivity contribution in [2.75, 3.05) is 14.2 Å². The van der Waals surface area contributed by atoms with E-state index < -0.39 is 17.5 Å². The van der Waals surface area contributed by atoms with Gasteiger partial charge in [0.05, 0.1) is 25.7 Å². The first-order valence-corrected chi connectivity index (χ1v) is 6.81. The van der Waals surface area contributed by atoms with E-state index in [1.165, 1.54) is 14.2 Å². The number of ether oxygens (including phenoxy) is 3. The molecule has 0 bridgehead atoms. The van der Waals surface area contributed by atoms with Gasteiger partial charge in [0.25, 0.3) is 0 Å². The third-order valence-corrected chi connectivity index (χ3v) is 3.93. The summed E-state index contributed by atoms with van der Waals surface area (Å²) in [5.41, 5.74) is -0.574. The second-order valence-corrected chi connectivity index (χ2v) is 5.65. The van der Waals surface area contributed by atoms with E-state index in [1.807, 2.05) is 26.0 Å². The molecule has 0 aromatic carbocycles. The van der Waals surface area contributed by atoms with Gasteiger partial charge in [-0.1, -0.05) is 12.2 Å². The summed E-state index contributed by atoms with van der Waals surface area (Å²) in [6.07, 6.45) is 4.60. The molecule has 0 spiro atoms. The Hall–Kier alpha value is -1.36. The highest BCUT2D eigenvalue weighted by Gasteiger charge is 2.39. The van der Waals surface area contributed by atoms with Crippen LogP contribution >= 0.6 is 0 Å². The molecule has 0 unspecified atom stereocenters. The molecule has 0 heterocycles. The minimum Gasteiger partial charge on any atom is -0.469 e. The van der Waals surface area contributed by atoms with E-state index in [-0.39, 0.29) is 18.0 Å². The quantitative estimate of drug-likeness (QED) is 0.571. The molecule has 1 aliphatic rings. The van der Waals surface area contributed by atoms with Crippen LogP contribution in [-0.2, 0) is 23.8 Å². The number of methoxy groups -OCH3 is 2. The number of esters is 2. The van der Waals surface area contributed by atoms with Crippen LogP contribution in [0.1, 0.15) is 33.6 Å². The van der Waals surface area contributed by atoms with Crippen molar-refractivity contribution < 1.29 is 23.8 Å². The van der Waals surface area contributed by atoms with Gasteiger partial charge in [0.2, 0.25) is 0 Å². The molecule has 5 nitrogen and oxygen atoms in total. The SMILES string of the molecule is COC(=O)[C@@H](C)O[C@H]1C=CC[C@H](C(C)(C)C(=O)OC)C1. The van der Waals surface area contributed by atoms with E-state index in [0.29, 0.717) is 6.42 Å². The molecular weight excluding hydrogens is 260 g/mol. The summed E-state index contributed by atoms with van der Waals surface area (Å²) in [6.45, 7) is 5.42. The first kappa shape index (κ1) is 16.7. The maximum absolute atomic E-state index is 11.9. The van der Waals surface area contributed by atoms with E-state index in [9.17, 15) is 9.59 Å². The van der Waals surface area contributed by atoms with Gasteiger partial charge in [0.15, 0.2) is 6.10 Å². The van der Waals surface area contributed by atoms with E-state index in [0.717, 1.165) is 6.42 Å². The molecule has 5 heteroatoms. The highest BCUT2D eigenvalue weighted by Crippen LogP contribution is 2.37. The summed E-state index contributed by atoms with van der Waals surface area (Å²) in [7, 11) is 2.73. The van der Waals surface area contributed by atoms with Crippen LogP contribution in [0.25, 0.3) is 0 Å². The van der Waals surface area contributed by atoms with Crippen LogP contribution in [0.15, 0.2) is 12.2 Å². The first-order valence-electron chi connectivity index (χ1n) is 6.81. The van der Waals surface area contributed by atoms with Gasteiger partial charge in [-0.3, -0.25) is 4.79 Å². The van der Waals surface area contributed by atoms with Crippen LogP contribution in [0.5, 0.6) is 0 Å². The first-order chi connectivity index (χ1) is 9.32. The highest BCUT2D eigenvalue weighted by molar-refractivity contribution is 5.76. The molecule has 0 aliphatic heterocycles. The van der Waals surface area contributed by atoms with Crippen LogP contribution in [0.4, 0.5) is 0 Å². The molecular formula is C15H24O5. The van der Waals surface area contributed by atoms with Gasteiger partial charge in [0, 0.05) is 0 Å². The van der Waals surface area contributed by atoms with Gasteiger partial charge in [-0.2, -0.15) is 0 Å². The number of rotatable bonds is 5. The lowest BCUT2D eigenvalue weighted by atomic mass is 9.72. The van der Waals surface area contributed by atoms with E-state index in [1.54, 1.807) is 6.92 Å². The number of carbonyl (C=O) groups excluding carboxylic acids is 2. The van der Waals surface area contributed by atoms with Gasteiger partial charge in [-0.05, 0) is 39.5 Å². The van der Waals surface area contributed by atoms with Crippen molar-refractivity contribution in [1.82, 2.24) is 0 Å². The van der Waals surface area contributed by atoms with Crippen LogP contribution in [-0.4, -0.2) is 38.4 Å². The molecule has 0 saturated carbocycles. The zero-order valence-electron chi connectivity index (χ0n) is 12.8. The van der Waals surface area contributed by atoms with Crippen molar-refractivity contribution in [2.24, 2.45) is 11.3 Å².